The number of halogens is 4. The van der Waals surface area contributed by atoms with Crippen LogP contribution in [0.3, 0.4) is 0 Å². The first-order chi connectivity index (χ1) is 16.3. The molecule has 3 aromatic carbocycles. The van der Waals surface area contributed by atoms with Crippen LogP contribution in [0.25, 0.3) is 6.08 Å². The van der Waals surface area contributed by atoms with Gasteiger partial charge >= 0.3 is 0 Å². The number of methoxy groups -OCH3 is 1. The minimum absolute atomic E-state index is 0.0195. The van der Waals surface area contributed by atoms with Gasteiger partial charge in [0, 0.05) is 22.2 Å². The summed E-state index contributed by atoms with van der Waals surface area (Å²) in [4.78, 5) is 12.5. The maximum Gasteiger partial charge on any atom is 0.262 e. The van der Waals surface area contributed by atoms with Gasteiger partial charge in [-0.2, -0.15) is 5.26 Å². The molecule has 5 nitrogen and oxygen atoms in total. The van der Waals surface area contributed by atoms with Gasteiger partial charge in [-0.25, -0.2) is 0 Å². The second kappa shape index (κ2) is 12.3. The highest BCUT2D eigenvalue weighted by molar-refractivity contribution is 9.11. The van der Waals surface area contributed by atoms with E-state index in [1.54, 1.807) is 37.4 Å². The standard InChI is InChI=1S/C25H18Br2Cl2N2O3/c1-33-20-6-2-15(3-7-20)13-31-25(32)18(12-30)8-16-9-21(26)24(22(27)10-16)34-14-17-4-5-19(28)11-23(17)29/h2-11H,13-14H2,1H3,(H,31,32)/b18-8-. The van der Waals surface area contributed by atoms with Crippen LogP contribution in [0.1, 0.15) is 16.7 Å². The Hall–Kier alpha value is -2.50. The number of nitrogens with zero attached hydrogens (tertiary/aromatic N) is 1. The van der Waals surface area contributed by atoms with Crippen LogP contribution >= 0.6 is 55.1 Å². The maximum atomic E-state index is 12.5. The Balaban J connectivity index is 1.70. The Bertz CT molecular complexity index is 1250. The second-order valence-electron chi connectivity index (χ2n) is 7.04. The molecule has 0 spiro atoms. The Morgan fingerprint density at radius 1 is 1.09 bits per heavy atom. The molecule has 0 aliphatic carbocycles. The van der Waals surface area contributed by atoms with Gasteiger partial charge in [-0.3, -0.25) is 4.79 Å². The Morgan fingerprint density at radius 3 is 2.35 bits per heavy atom. The number of rotatable bonds is 8. The number of ether oxygens (including phenoxy) is 2. The zero-order valence-electron chi connectivity index (χ0n) is 17.9. The summed E-state index contributed by atoms with van der Waals surface area (Å²) in [6.45, 7) is 0.523. The molecule has 0 aromatic heterocycles. The lowest BCUT2D eigenvalue weighted by Gasteiger charge is -2.13. The van der Waals surface area contributed by atoms with Crippen LogP contribution in [0.2, 0.25) is 10.0 Å². The molecule has 1 N–H and O–H groups in total. The molecule has 0 aliphatic heterocycles. The first-order valence-corrected chi connectivity index (χ1v) is 12.2. The minimum Gasteiger partial charge on any atom is -0.497 e. The van der Waals surface area contributed by atoms with Gasteiger partial charge in [-0.15, -0.1) is 0 Å². The van der Waals surface area contributed by atoms with E-state index in [0.29, 0.717) is 30.3 Å². The first kappa shape index (κ1) is 26.1. The summed E-state index contributed by atoms with van der Waals surface area (Å²) in [5.41, 5.74) is 2.30. The molecule has 3 aromatic rings. The number of hydrogen-bond donors (Lipinski definition) is 1. The number of carbonyl (C=O) groups is 1. The van der Waals surface area contributed by atoms with Crippen LogP contribution in [0.15, 0.2) is 69.1 Å². The van der Waals surface area contributed by atoms with E-state index in [-0.39, 0.29) is 18.7 Å². The van der Waals surface area contributed by atoms with Gasteiger partial charge in [0.2, 0.25) is 0 Å². The molecule has 174 valence electrons. The molecule has 9 heteroatoms. The highest BCUT2D eigenvalue weighted by Crippen LogP contribution is 2.36. The van der Waals surface area contributed by atoms with Crippen molar-refractivity contribution in [2.24, 2.45) is 0 Å². The highest BCUT2D eigenvalue weighted by Gasteiger charge is 2.13. The summed E-state index contributed by atoms with van der Waals surface area (Å²) in [6.07, 6.45) is 1.51. The SMILES string of the molecule is COc1ccc(CNC(=O)/C(C#N)=C\c2cc(Br)c(OCc3ccc(Cl)cc3Cl)c(Br)c2)cc1. The summed E-state index contributed by atoms with van der Waals surface area (Å²) in [5, 5.41) is 13.3. The number of benzene rings is 3. The van der Waals surface area contributed by atoms with Crippen molar-refractivity contribution in [2.75, 3.05) is 7.11 Å². The molecular weight excluding hydrogens is 607 g/mol. The van der Waals surface area contributed by atoms with Crippen molar-refractivity contribution in [3.8, 4) is 17.6 Å². The third-order valence-electron chi connectivity index (χ3n) is 4.70. The van der Waals surface area contributed by atoms with Gasteiger partial charge in [-0.05, 0) is 85.5 Å². The summed E-state index contributed by atoms with van der Waals surface area (Å²) >= 11 is 19.1. The van der Waals surface area contributed by atoms with Gasteiger partial charge in [0.25, 0.3) is 5.91 Å². The summed E-state index contributed by atoms with van der Waals surface area (Å²) < 4.78 is 12.3. The summed E-state index contributed by atoms with van der Waals surface area (Å²) in [5.74, 6) is 0.821. The fourth-order valence-electron chi connectivity index (χ4n) is 2.93. The lowest BCUT2D eigenvalue weighted by atomic mass is 10.1. The molecule has 34 heavy (non-hydrogen) atoms. The van der Waals surface area contributed by atoms with Crippen LogP contribution in [-0.2, 0) is 17.9 Å². The normalized spacial score (nSPS) is 11.0. The van der Waals surface area contributed by atoms with Gasteiger partial charge < -0.3 is 14.8 Å². The van der Waals surface area contributed by atoms with E-state index in [1.165, 1.54) is 6.08 Å². The van der Waals surface area contributed by atoms with Crippen LogP contribution in [-0.4, -0.2) is 13.0 Å². The number of hydrogen-bond acceptors (Lipinski definition) is 4. The predicted molar refractivity (Wildman–Crippen MR) is 141 cm³/mol. The van der Waals surface area contributed by atoms with Gasteiger partial charge in [-0.1, -0.05) is 41.4 Å². The van der Waals surface area contributed by atoms with Crippen LogP contribution in [0, 0.1) is 11.3 Å². The summed E-state index contributed by atoms with van der Waals surface area (Å²) in [7, 11) is 1.59. The van der Waals surface area contributed by atoms with E-state index in [0.717, 1.165) is 16.9 Å². The monoisotopic (exact) mass is 622 g/mol. The molecule has 0 aliphatic rings. The van der Waals surface area contributed by atoms with Gasteiger partial charge in [0.1, 0.15) is 29.7 Å². The second-order valence-corrected chi connectivity index (χ2v) is 9.59. The highest BCUT2D eigenvalue weighted by atomic mass is 79.9. The van der Waals surface area contributed by atoms with Crippen molar-refractivity contribution in [2.45, 2.75) is 13.2 Å². The molecule has 0 heterocycles. The van der Waals surface area contributed by atoms with Crippen molar-refractivity contribution in [3.05, 3.63) is 95.9 Å². The zero-order valence-corrected chi connectivity index (χ0v) is 22.6. The van der Waals surface area contributed by atoms with E-state index < -0.39 is 5.91 Å². The van der Waals surface area contributed by atoms with Crippen molar-refractivity contribution < 1.29 is 14.3 Å². The minimum atomic E-state index is -0.469. The van der Waals surface area contributed by atoms with Crippen molar-refractivity contribution in [3.63, 3.8) is 0 Å². The third kappa shape index (κ3) is 7.00. The maximum absolute atomic E-state index is 12.5. The Kier molecular flexibility index (Phi) is 9.43. The van der Waals surface area contributed by atoms with Crippen LogP contribution < -0.4 is 14.8 Å². The Labute approximate surface area is 224 Å². The fraction of sp³-hybridized carbons (Fsp3) is 0.120. The lowest BCUT2D eigenvalue weighted by molar-refractivity contribution is -0.117. The van der Waals surface area contributed by atoms with E-state index in [9.17, 15) is 10.1 Å². The molecule has 1 amide bonds. The van der Waals surface area contributed by atoms with Crippen molar-refractivity contribution in [1.82, 2.24) is 5.32 Å². The molecule has 0 fully saturated rings. The van der Waals surface area contributed by atoms with E-state index >= 15 is 0 Å². The lowest BCUT2D eigenvalue weighted by Crippen LogP contribution is -2.23. The van der Waals surface area contributed by atoms with Gasteiger partial charge in [0.15, 0.2) is 0 Å². The van der Waals surface area contributed by atoms with Crippen LogP contribution in [0.5, 0.6) is 11.5 Å². The molecule has 0 atom stereocenters. The average molecular weight is 625 g/mol. The predicted octanol–water partition coefficient (Wildman–Crippen LogP) is 7.33. The zero-order chi connectivity index (χ0) is 24.7. The smallest absolute Gasteiger partial charge is 0.262 e. The van der Waals surface area contributed by atoms with E-state index in [1.807, 2.05) is 30.3 Å². The first-order valence-electron chi connectivity index (χ1n) is 9.89. The molecule has 3 rings (SSSR count). The quantitative estimate of drug-likeness (QED) is 0.210. The molecule has 0 saturated heterocycles. The molecule has 0 bridgehead atoms. The number of carbonyl (C=O) groups excluding carboxylic acids is 1. The fourth-order valence-corrected chi connectivity index (χ4v) is 4.84. The van der Waals surface area contributed by atoms with E-state index in [2.05, 4.69) is 37.2 Å². The average Bonchev–Trinajstić information content (AvgIpc) is 2.82. The van der Waals surface area contributed by atoms with Crippen LogP contribution in [0.4, 0.5) is 0 Å². The van der Waals surface area contributed by atoms with Crippen molar-refractivity contribution in [1.29, 1.82) is 5.26 Å². The molecular formula is C25H18Br2Cl2N2O3. The topological polar surface area (TPSA) is 71.3 Å². The molecule has 0 saturated carbocycles. The summed E-state index contributed by atoms with van der Waals surface area (Å²) in [6, 6.07) is 18.0. The molecule has 0 radical (unpaired) electrons. The Morgan fingerprint density at radius 2 is 1.76 bits per heavy atom. The van der Waals surface area contributed by atoms with E-state index in [4.69, 9.17) is 32.7 Å². The number of nitrogens with one attached hydrogen (secondary N) is 1. The third-order valence-corrected chi connectivity index (χ3v) is 6.46. The van der Waals surface area contributed by atoms with Gasteiger partial charge in [0.05, 0.1) is 16.1 Å². The van der Waals surface area contributed by atoms with Crippen molar-refractivity contribution >= 4 is 67.0 Å². The molecule has 0 unspecified atom stereocenters. The number of nitriles is 1. The largest absolute Gasteiger partial charge is 0.497 e. The number of amides is 1.